The standard InChI is InChI=1S/C21H22N2O6/c1-14(24)22-18-8-3-6-16(12-18)20(26)28-10-5-11-29-21(27)17-7-4-9-19(13-17)23-15(2)25/h3-4,6-9,12-13H,5,10-11H2,1-2H3,(H,22,24)(H,23,25). The quantitative estimate of drug-likeness (QED) is 0.522. The summed E-state index contributed by atoms with van der Waals surface area (Å²) in [4.78, 5) is 46.2. The van der Waals surface area contributed by atoms with E-state index in [1.807, 2.05) is 0 Å². The molecule has 0 aliphatic heterocycles. The number of esters is 2. The molecule has 0 aromatic heterocycles. The molecule has 2 aromatic carbocycles. The second kappa shape index (κ2) is 10.6. The van der Waals surface area contributed by atoms with Crippen molar-refractivity contribution in [2.75, 3.05) is 23.8 Å². The molecule has 0 saturated heterocycles. The zero-order valence-electron chi connectivity index (χ0n) is 16.2. The maximum atomic E-state index is 12.0. The molecule has 0 fully saturated rings. The Morgan fingerprint density at radius 2 is 1.14 bits per heavy atom. The molecule has 2 rings (SSSR count). The molecule has 0 unspecified atom stereocenters. The number of nitrogens with one attached hydrogen (secondary N) is 2. The topological polar surface area (TPSA) is 111 Å². The van der Waals surface area contributed by atoms with Crippen LogP contribution < -0.4 is 10.6 Å². The van der Waals surface area contributed by atoms with E-state index in [1.54, 1.807) is 36.4 Å². The smallest absolute Gasteiger partial charge is 0.338 e. The third-order valence-corrected chi connectivity index (χ3v) is 3.59. The molecule has 0 spiro atoms. The Labute approximate surface area is 168 Å². The van der Waals surface area contributed by atoms with Crippen LogP contribution in [0, 0.1) is 0 Å². The molecule has 2 N–H and O–H groups in total. The van der Waals surface area contributed by atoms with Crippen LogP contribution in [-0.4, -0.2) is 37.0 Å². The summed E-state index contributed by atoms with van der Waals surface area (Å²) in [5.41, 5.74) is 1.62. The number of anilines is 2. The molecule has 0 radical (unpaired) electrons. The largest absolute Gasteiger partial charge is 0.462 e. The van der Waals surface area contributed by atoms with Gasteiger partial charge in [0, 0.05) is 31.6 Å². The predicted molar refractivity (Wildman–Crippen MR) is 107 cm³/mol. The van der Waals surface area contributed by atoms with Gasteiger partial charge >= 0.3 is 11.9 Å². The minimum absolute atomic E-state index is 0.0718. The van der Waals surface area contributed by atoms with E-state index in [0.717, 1.165) is 0 Å². The van der Waals surface area contributed by atoms with E-state index in [2.05, 4.69) is 10.6 Å². The first-order valence-electron chi connectivity index (χ1n) is 8.94. The number of hydrogen-bond acceptors (Lipinski definition) is 6. The van der Waals surface area contributed by atoms with Crippen molar-refractivity contribution in [3.63, 3.8) is 0 Å². The van der Waals surface area contributed by atoms with Crippen LogP contribution in [0.5, 0.6) is 0 Å². The highest BCUT2D eigenvalue weighted by atomic mass is 16.5. The molecule has 8 heteroatoms. The van der Waals surface area contributed by atoms with Crippen molar-refractivity contribution in [1.82, 2.24) is 0 Å². The van der Waals surface area contributed by atoms with Crippen molar-refractivity contribution in [3.05, 3.63) is 59.7 Å². The molecule has 0 bridgehead atoms. The minimum atomic E-state index is -0.536. The highest BCUT2D eigenvalue weighted by Gasteiger charge is 2.10. The number of benzene rings is 2. The Bertz CT molecular complexity index is 836. The second-order valence-electron chi connectivity index (χ2n) is 6.15. The van der Waals surface area contributed by atoms with E-state index < -0.39 is 11.9 Å². The second-order valence-corrected chi connectivity index (χ2v) is 6.15. The Kier molecular flexibility index (Phi) is 7.90. The summed E-state index contributed by atoms with van der Waals surface area (Å²) in [6.45, 7) is 2.90. The lowest BCUT2D eigenvalue weighted by atomic mass is 10.2. The van der Waals surface area contributed by atoms with Gasteiger partial charge in [-0.25, -0.2) is 9.59 Å². The van der Waals surface area contributed by atoms with Crippen molar-refractivity contribution in [2.45, 2.75) is 20.3 Å². The Hall–Kier alpha value is -3.68. The predicted octanol–water partition coefficient (Wildman–Crippen LogP) is 3.01. The van der Waals surface area contributed by atoms with Gasteiger partial charge in [0.2, 0.25) is 11.8 Å². The van der Waals surface area contributed by atoms with Gasteiger partial charge in [0.1, 0.15) is 0 Å². The van der Waals surface area contributed by atoms with E-state index in [0.29, 0.717) is 28.9 Å². The van der Waals surface area contributed by atoms with Crippen LogP contribution in [0.15, 0.2) is 48.5 Å². The molecule has 8 nitrogen and oxygen atoms in total. The fourth-order valence-corrected chi connectivity index (χ4v) is 2.41. The lowest BCUT2D eigenvalue weighted by molar-refractivity contribution is -0.115. The van der Waals surface area contributed by atoms with E-state index in [4.69, 9.17) is 9.47 Å². The van der Waals surface area contributed by atoms with Crippen LogP contribution in [-0.2, 0) is 19.1 Å². The molecule has 0 saturated carbocycles. The fraction of sp³-hybridized carbons (Fsp3) is 0.238. The zero-order chi connectivity index (χ0) is 21.2. The zero-order valence-corrected chi connectivity index (χ0v) is 16.2. The van der Waals surface area contributed by atoms with Gasteiger partial charge in [-0.15, -0.1) is 0 Å². The minimum Gasteiger partial charge on any atom is -0.462 e. The molecular formula is C21H22N2O6. The number of rotatable bonds is 8. The first kappa shape index (κ1) is 21.6. The number of ether oxygens (including phenoxy) is 2. The Balaban J connectivity index is 1.75. The Morgan fingerprint density at radius 1 is 0.724 bits per heavy atom. The fourth-order valence-electron chi connectivity index (χ4n) is 2.41. The van der Waals surface area contributed by atoms with Gasteiger partial charge in [-0.1, -0.05) is 12.1 Å². The van der Waals surface area contributed by atoms with Crippen LogP contribution >= 0.6 is 0 Å². The van der Waals surface area contributed by atoms with Gasteiger partial charge in [0.25, 0.3) is 0 Å². The van der Waals surface area contributed by atoms with Gasteiger partial charge in [-0.2, -0.15) is 0 Å². The molecule has 2 aromatic rings. The average Bonchev–Trinajstić information content (AvgIpc) is 2.66. The molecule has 152 valence electrons. The van der Waals surface area contributed by atoms with Gasteiger partial charge in [0.15, 0.2) is 0 Å². The highest BCUT2D eigenvalue weighted by Crippen LogP contribution is 2.13. The van der Waals surface area contributed by atoms with Crippen molar-refractivity contribution >= 4 is 35.1 Å². The first-order valence-corrected chi connectivity index (χ1v) is 8.94. The summed E-state index contributed by atoms with van der Waals surface area (Å²) < 4.78 is 10.3. The summed E-state index contributed by atoms with van der Waals surface area (Å²) in [7, 11) is 0. The number of carbonyl (C=O) groups is 4. The molecule has 0 heterocycles. The van der Waals surface area contributed by atoms with Gasteiger partial charge in [0.05, 0.1) is 24.3 Å². The maximum absolute atomic E-state index is 12.0. The summed E-state index contributed by atoms with van der Waals surface area (Å²) in [6.07, 6.45) is 0.328. The average molecular weight is 398 g/mol. The van der Waals surface area contributed by atoms with E-state index in [9.17, 15) is 19.2 Å². The van der Waals surface area contributed by atoms with Crippen LogP contribution in [0.3, 0.4) is 0 Å². The normalized spacial score (nSPS) is 10.0. The van der Waals surface area contributed by atoms with Crippen molar-refractivity contribution < 1.29 is 28.7 Å². The van der Waals surface area contributed by atoms with Crippen LogP contribution in [0.25, 0.3) is 0 Å². The van der Waals surface area contributed by atoms with Gasteiger partial charge in [-0.05, 0) is 36.4 Å². The van der Waals surface area contributed by atoms with Crippen molar-refractivity contribution in [1.29, 1.82) is 0 Å². The van der Waals surface area contributed by atoms with Crippen LogP contribution in [0.4, 0.5) is 11.4 Å². The van der Waals surface area contributed by atoms with Gasteiger partial charge in [-0.3, -0.25) is 9.59 Å². The Morgan fingerprint density at radius 3 is 1.52 bits per heavy atom. The summed E-state index contributed by atoms with van der Waals surface area (Å²) >= 11 is 0. The molecular weight excluding hydrogens is 376 g/mol. The summed E-state index contributed by atoms with van der Waals surface area (Å²) in [6, 6.07) is 12.8. The number of hydrogen-bond donors (Lipinski definition) is 2. The third kappa shape index (κ3) is 7.45. The van der Waals surface area contributed by atoms with E-state index in [-0.39, 0.29) is 25.0 Å². The summed E-state index contributed by atoms with van der Waals surface area (Å²) in [5.74, 6) is -1.54. The number of amides is 2. The van der Waals surface area contributed by atoms with Crippen molar-refractivity contribution in [3.8, 4) is 0 Å². The number of carbonyl (C=O) groups excluding carboxylic acids is 4. The van der Waals surface area contributed by atoms with Crippen LogP contribution in [0.1, 0.15) is 41.0 Å². The molecule has 0 atom stereocenters. The molecule has 29 heavy (non-hydrogen) atoms. The van der Waals surface area contributed by atoms with Gasteiger partial charge < -0.3 is 20.1 Å². The maximum Gasteiger partial charge on any atom is 0.338 e. The third-order valence-electron chi connectivity index (χ3n) is 3.59. The molecule has 0 aliphatic rings. The van der Waals surface area contributed by atoms with E-state index >= 15 is 0 Å². The molecule has 0 aliphatic carbocycles. The lowest BCUT2D eigenvalue weighted by Gasteiger charge is -2.08. The van der Waals surface area contributed by atoms with Crippen LogP contribution in [0.2, 0.25) is 0 Å². The molecule has 2 amide bonds. The summed E-state index contributed by atoms with van der Waals surface area (Å²) in [5, 5.41) is 5.18. The highest BCUT2D eigenvalue weighted by molar-refractivity contribution is 5.94. The monoisotopic (exact) mass is 398 g/mol. The first-order chi connectivity index (χ1) is 13.8. The van der Waals surface area contributed by atoms with E-state index in [1.165, 1.54) is 26.0 Å². The SMILES string of the molecule is CC(=O)Nc1cccc(C(=O)OCCCOC(=O)c2cccc(NC(C)=O)c2)c1. The lowest BCUT2D eigenvalue weighted by Crippen LogP contribution is -2.12. The van der Waals surface area contributed by atoms with Crippen molar-refractivity contribution in [2.24, 2.45) is 0 Å².